The van der Waals surface area contributed by atoms with Gasteiger partial charge in [-0.1, -0.05) is 12.1 Å². The summed E-state index contributed by atoms with van der Waals surface area (Å²) in [6, 6.07) is 5.60. The summed E-state index contributed by atoms with van der Waals surface area (Å²) in [7, 11) is 0. The van der Waals surface area contributed by atoms with Crippen LogP contribution in [-0.2, 0) is 6.54 Å². The van der Waals surface area contributed by atoms with Gasteiger partial charge >= 0.3 is 0 Å². The minimum Gasteiger partial charge on any atom is -0.321 e. The lowest BCUT2D eigenvalue weighted by Crippen LogP contribution is -2.33. The average molecular weight is 229 g/mol. The SMILES string of the molecule is Cc1cccc2c(=O)n3c(nc12)C(N)CCC3. The van der Waals surface area contributed by atoms with Crippen LogP contribution < -0.4 is 11.3 Å². The fourth-order valence-corrected chi connectivity index (χ4v) is 2.50. The molecule has 0 radical (unpaired) electrons. The van der Waals surface area contributed by atoms with E-state index in [9.17, 15) is 4.79 Å². The molecule has 2 aromatic rings. The molecule has 0 bridgehead atoms. The van der Waals surface area contributed by atoms with Gasteiger partial charge in [-0.05, 0) is 31.4 Å². The standard InChI is InChI=1S/C13H15N3O/c1-8-4-2-5-9-11(8)15-12-10(14)6-3-7-16(12)13(9)17/h2,4-5,10H,3,6-7,14H2,1H3. The van der Waals surface area contributed by atoms with Gasteiger partial charge in [0, 0.05) is 6.54 Å². The first-order valence-corrected chi connectivity index (χ1v) is 5.94. The third-order valence-corrected chi connectivity index (χ3v) is 3.44. The molecule has 1 aromatic carbocycles. The quantitative estimate of drug-likeness (QED) is 0.744. The van der Waals surface area contributed by atoms with Crippen molar-refractivity contribution in [2.45, 2.75) is 32.4 Å². The zero-order chi connectivity index (χ0) is 12.0. The molecule has 1 aromatic heterocycles. The van der Waals surface area contributed by atoms with Gasteiger partial charge < -0.3 is 5.73 Å². The molecule has 1 unspecified atom stereocenters. The highest BCUT2D eigenvalue weighted by Crippen LogP contribution is 2.22. The number of nitrogens with zero attached hydrogens (tertiary/aromatic N) is 2. The number of benzene rings is 1. The number of para-hydroxylation sites is 1. The second kappa shape index (κ2) is 3.67. The highest BCUT2D eigenvalue weighted by atomic mass is 16.1. The lowest BCUT2D eigenvalue weighted by Gasteiger charge is -2.23. The molecule has 3 rings (SSSR count). The first-order chi connectivity index (χ1) is 8.18. The van der Waals surface area contributed by atoms with Gasteiger partial charge in [-0.2, -0.15) is 0 Å². The van der Waals surface area contributed by atoms with E-state index in [1.165, 1.54) is 0 Å². The molecule has 2 N–H and O–H groups in total. The van der Waals surface area contributed by atoms with Crippen molar-refractivity contribution in [3.63, 3.8) is 0 Å². The molecule has 1 aliphatic rings. The van der Waals surface area contributed by atoms with Gasteiger partial charge in [-0.3, -0.25) is 9.36 Å². The van der Waals surface area contributed by atoms with Gasteiger partial charge in [0.1, 0.15) is 5.82 Å². The number of hydrogen-bond acceptors (Lipinski definition) is 3. The highest BCUT2D eigenvalue weighted by Gasteiger charge is 2.21. The Morgan fingerprint density at radius 3 is 3.12 bits per heavy atom. The smallest absolute Gasteiger partial charge is 0.261 e. The van der Waals surface area contributed by atoms with Crippen LogP contribution in [0.15, 0.2) is 23.0 Å². The van der Waals surface area contributed by atoms with Crippen LogP contribution in [-0.4, -0.2) is 9.55 Å². The van der Waals surface area contributed by atoms with E-state index in [4.69, 9.17) is 5.73 Å². The molecular formula is C13H15N3O. The molecule has 4 heteroatoms. The van der Waals surface area contributed by atoms with Gasteiger partial charge in [-0.15, -0.1) is 0 Å². The van der Waals surface area contributed by atoms with Crippen molar-refractivity contribution in [3.8, 4) is 0 Å². The number of fused-ring (bicyclic) bond motifs is 2. The number of rotatable bonds is 0. The molecule has 0 saturated heterocycles. The van der Waals surface area contributed by atoms with E-state index in [1.54, 1.807) is 4.57 Å². The van der Waals surface area contributed by atoms with Crippen molar-refractivity contribution < 1.29 is 0 Å². The molecule has 1 atom stereocenters. The Balaban J connectivity index is 2.44. The van der Waals surface area contributed by atoms with Crippen molar-refractivity contribution >= 4 is 10.9 Å². The molecule has 17 heavy (non-hydrogen) atoms. The second-order valence-corrected chi connectivity index (χ2v) is 4.65. The van der Waals surface area contributed by atoms with E-state index in [-0.39, 0.29) is 11.6 Å². The van der Waals surface area contributed by atoms with Crippen LogP contribution in [0.3, 0.4) is 0 Å². The van der Waals surface area contributed by atoms with E-state index in [0.717, 1.165) is 36.3 Å². The molecule has 0 fully saturated rings. The maximum Gasteiger partial charge on any atom is 0.261 e. The normalized spacial score (nSPS) is 19.3. The molecule has 1 aliphatic heterocycles. The molecule has 0 aliphatic carbocycles. The van der Waals surface area contributed by atoms with Crippen LogP contribution in [0, 0.1) is 6.92 Å². The maximum atomic E-state index is 12.3. The van der Waals surface area contributed by atoms with Crippen molar-refractivity contribution in [1.29, 1.82) is 0 Å². The fraction of sp³-hybridized carbons (Fsp3) is 0.385. The lowest BCUT2D eigenvalue weighted by molar-refractivity contribution is 0.435. The summed E-state index contributed by atoms with van der Waals surface area (Å²) in [5.41, 5.74) is 7.90. The second-order valence-electron chi connectivity index (χ2n) is 4.65. The molecule has 2 heterocycles. The summed E-state index contributed by atoms with van der Waals surface area (Å²) in [6.07, 6.45) is 1.86. The topological polar surface area (TPSA) is 60.9 Å². The summed E-state index contributed by atoms with van der Waals surface area (Å²) in [5.74, 6) is 0.739. The molecule has 88 valence electrons. The number of hydrogen-bond donors (Lipinski definition) is 1. The predicted molar refractivity (Wildman–Crippen MR) is 66.9 cm³/mol. The highest BCUT2D eigenvalue weighted by molar-refractivity contribution is 5.80. The van der Waals surface area contributed by atoms with E-state index in [0.29, 0.717) is 5.39 Å². The van der Waals surface area contributed by atoms with Crippen LogP contribution in [0.1, 0.15) is 30.3 Å². The monoisotopic (exact) mass is 229 g/mol. The fourth-order valence-electron chi connectivity index (χ4n) is 2.50. The van der Waals surface area contributed by atoms with Crippen LogP contribution in [0.2, 0.25) is 0 Å². The van der Waals surface area contributed by atoms with Crippen molar-refractivity contribution in [2.75, 3.05) is 0 Å². The number of aryl methyl sites for hydroxylation is 1. The Hall–Kier alpha value is -1.68. The summed E-state index contributed by atoms with van der Waals surface area (Å²) in [6.45, 7) is 2.71. The third kappa shape index (κ3) is 1.48. The van der Waals surface area contributed by atoms with Gasteiger partial charge in [-0.25, -0.2) is 4.98 Å². The summed E-state index contributed by atoms with van der Waals surface area (Å²) >= 11 is 0. The summed E-state index contributed by atoms with van der Waals surface area (Å²) < 4.78 is 1.73. The van der Waals surface area contributed by atoms with Crippen molar-refractivity contribution in [2.24, 2.45) is 5.73 Å². The Morgan fingerprint density at radius 2 is 2.29 bits per heavy atom. The third-order valence-electron chi connectivity index (χ3n) is 3.44. The molecular weight excluding hydrogens is 214 g/mol. The lowest BCUT2D eigenvalue weighted by atomic mass is 10.1. The van der Waals surface area contributed by atoms with Gasteiger partial charge in [0.05, 0.1) is 16.9 Å². The summed E-state index contributed by atoms with van der Waals surface area (Å²) in [5, 5.41) is 0.697. The van der Waals surface area contributed by atoms with Gasteiger partial charge in [0.2, 0.25) is 0 Å². The first-order valence-electron chi connectivity index (χ1n) is 5.94. The van der Waals surface area contributed by atoms with E-state index < -0.39 is 0 Å². The maximum absolute atomic E-state index is 12.3. The van der Waals surface area contributed by atoms with Crippen LogP contribution in [0.5, 0.6) is 0 Å². The van der Waals surface area contributed by atoms with Gasteiger partial charge in [0.15, 0.2) is 0 Å². The average Bonchev–Trinajstić information content (AvgIpc) is 2.32. The molecule has 0 amide bonds. The predicted octanol–water partition coefficient (Wildman–Crippen LogP) is 1.50. The van der Waals surface area contributed by atoms with Crippen LogP contribution in [0.25, 0.3) is 10.9 Å². The largest absolute Gasteiger partial charge is 0.321 e. The number of aromatic nitrogens is 2. The summed E-state index contributed by atoms with van der Waals surface area (Å²) in [4.78, 5) is 16.9. The Morgan fingerprint density at radius 1 is 1.47 bits per heavy atom. The van der Waals surface area contributed by atoms with E-state index in [1.807, 2.05) is 25.1 Å². The van der Waals surface area contributed by atoms with Crippen LogP contribution in [0.4, 0.5) is 0 Å². The number of nitrogens with two attached hydrogens (primary N) is 1. The molecule has 0 saturated carbocycles. The Bertz CT molecular complexity index is 645. The van der Waals surface area contributed by atoms with Crippen LogP contribution >= 0.6 is 0 Å². The minimum absolute atomic E-state index is 0.0452. The zero-order valence-electron chi connectivity index (χ0n) is 9.81. The van der Waals surface area contributed by atoms with Gasteiger partial charge in [0.25, 0.3) is 5.56 Å². The van der Waals surface area contributed by atoms with Crippen molar-refractivity contribution in [1.82, 2.24) is 9.55 Å². The molecule has 4 nitrogen and oxygen atoms in total. The minimum atomic E-state index is -0.111. The Labute approximate surface area is 99.1 Å². The Kier molecular flexibility index (Phi) is 2.26. The zero-order valence-corrected chi connectivity index (χ0v) is 9.81. The first kappa shape index (κ1) is 10.5. The van der Waals surface area contributed by atoms with E-state index in [2.05, 4.69) is 4.98 Å². The molecule has 0 spiro atoms. The van der Waals surface area contributed by atoms with Crippen molar-refractivity contribution in [3.05, 3.63) is 39.9 Å². The van der Waals surface area contributed by atoms with E-state index >= 15 is 0 Å².